The number of ether oxygens (including phenoxy) is 1. The molecule has 3 heterocycles. The number of carboxylic acid groups (broad SMARTS) is 1. The molecule has 7 nitrogen and oxygen atoms in total. The van der Waals surface area contributed by atoms with Crippen LogP contribution in [-0.4, -0.2) is 57.5 Å². The van der Waals surface area contributed by atoms with Gasteiger partial charge in [0, 0.05) is 19.0 Å². The fourth-order valence-electron chi connectivity index (χ4n) is 2.75. The van der Waals surface area contributed by atoms with Crippen LogP contribution in [0.15, 0.2) is 6.07 Å². The van der Waals surface area contributed by atoms with Gasteiger partial charge in [0.05, 0.1) is 36.2 Å². The molecule has 2 aromatic rings. The first-order chi connectivity index (χ1) is 10.5. The van der Waals surface area contributed by atoms with Gasteiger partial charge in [-0.1, -0.05) is 0 Å². The highest BCUT2D eigenvalue weighted by Gasteiger charge is 2.31. The lowest BCUT2D eigenvalue weighted by molar-refractivity contribution is -0.139. The van der Waals surface area contributed by atoms with Crippen LogP contribution in [0, 0.1) is 6.92 Å². The number of carbonyl (C=O) groups excluding carboxylic acids is 1. The molecule has 0 spiro atoms. The first kappa shape index (κ1) is 15.0. The number of rotatable bonds is 3. The van der Waals surface area contributed by atoms with Crippen molar-refractivity contribution in [2.24, 2.45) is 7.05 Å². The third-order valence-electron chi connectivity index (χ3n) is 3.81. The lowest BCUT2D eigenvalue weighted by Gasteiger charge is -2.34. The Morgan fingerprint density at radius 2 is 2.32 bits per heavy atom. The van der Waals surface area contributed by atoms with Gasteiger partial charge in [-0.05, 0) is 13.0 Å². The second-order valence-corrected chi connectivity index (χ2v) is 6.39. The summed E-state index contributed by atoms with van der Waals surface area (Å²) >= 11 is 1.39. The number of carbonyl (C=O) groups is 2. The number of aromatic nitrogens is 2. The van der Waals surface area contributed by atoms with Crippen LogP contribution in [0.1, 0.15) is 21.8 Å². The highest BCUT2D eigenvalue weighted by atomic mass is 32.1. The average molecular weight is 323 g/mol. The molecule has 0 saturated carbocycles. The number of morpholine rings is 1. The van der Waals surface area contributed by atoms with Crippen molar-refractivity contribution in [2.75, 3.05) is 19.8 Å². The summed E-state index contributed by atoms with van der Waals surface area (Å²) in [5, 5.41) is 14.3. The van der Waals surface area contributed by atoms with Crippen LogP contribution >= 0.6 is 11.3 Å². The number of aryl methyl sites for hydroxylation is 2. The highest BCUT2D eigenvalue weighted by Crippen LogP contribution is 2.29. The quantitative estimate of drug-likeness (QED) is 0.919. The Morgan fingerprint density at radius 1 is 1.55 bits per heavy atom. The standard InChI is InChI=1S/C14H17N3O4S/c1-8-10-6-11(22-14(10)16(2)15-8)13(20)17-3-4-21-7-9(17)5-12(18)19/h6,9H,3-5,7H2,1-2H3,(H,18,19). The predicted octanol–water partition coefficient (Wildman–Crippen LogP) is 1.26. The van der Waals surface area contributed by atoms with Crippen molar-refractivity contribution in [1.82, 2.24) is 14.7 Å². The zero-order valence-electron chi connectivity index (χ0n) is 12.4. The molecule has 118 valence electrons. The van der Waals surface area contributed by atoms with Crippen LogP contribution in [0.4, 0.5) is 0 Å². The Labute approximate surface area is 131 Å². The molecule has 0 aromatic carbocycles. The van der Waals surface area contributed by atoms with Crippen LogP contribution in [0.2, 0.25) is 0 Å². The molecule has 1 aliphatic heterocycles. The predicted molar refractivity (Wildman–Crippen MR) is 81.2 cm³/mol. The van der Waals surface area contributed by atoms with E-state index in [2.05, 4.69) is 5.10 Å². The summed E-state index contributed by atoms with van der Waals surface area (Å²) in [6.07, 6.45) is -0.1000. The Balaban J connectivity index is 1.89. The van der Waals surface area contributed by atoms with Gasteiger partial charge in [0.15, 0.2) is 0 Å². The molecule has 0 aliphatic carbocycles. The maximum Gasteiger partial charge on any atom is 0.305 e. The number of aliphatic carboxylic acids is 1. The van der Waals surface area contributed by atoms with Gasteiger partial charge < -0.3 is 14.7 Å². The summed E-state index contributed by atoms with van der Waals surface area (Å²) in [4.78, 5) is 26.9. The number of amides is 1. The van der Waals surface area contributed by atoms with Crippen molar-refractivity contribution in [2.45, 2.75) is 19.4 Å². The number of hydrogen-bond acceptors (Lipinski definition) is 5. The Morgan fingerprint density at radius 3 is 3.00 bits per heavy atom. The van der Waals surface area contributed by atoms with Gasteiger partial charge in [-0.3, -0.25) is 14.3 Å². The van der Waals surface area contributed by atoms with Crippen molar-refractivity contribution in [3.05, 3.63) is 16.6 Å². The molecule has 1 fully saturated rings. The number of nitrogens with zero attached hydrogens (tertiary/aromatic N) is 3. The fraction of sp³-hybridized carbons (Fsp3) is 0.500. The van der Waals surface area contributed by atoms with Crippen molar-refractivity contribution in [1.29, 1.82) is 0 Å². The summed E-state index contributed by atoms with van der Waals surface area (Å²) in [7, 11) is 1.85. The molecule has 2 aromatic heterocycles. The fourth-order valence-corrected chi connectivity index (χ4v) is 3.82. The first-order valence-corrected chi connectivity index (χ1v) is 7.82. The van der Waals surface area contributed by atoms with E-state index >= 15 is 0 Å². The van der Waals surface area contributed by atoms with E-state index in [-0.39, 0.29) is 18.9 Å². The van der Waals surface area contributed by atoms with E-state index < -0.39 is 12.0 Å². The third kappa shape index (κ3) is 2.59. The van der Waals surface area contributed by atoms with Gasteiger partial charge >= 0.3 is 5.97 Å². The monoisotopic (exact) mass is 323 g/mol. The van der Waals surface area contributed by atoms with E-state index in [1.54, 1.807) is 9.58 Å². The SMILES string of the molecule is Cc1nn(C)c2sc(C(=O)N3CCOCC3CC(=O)O)cc12. The van der Waals surface area contributed by atoms with Crippen molar-refractivity contribution in [3.63, 3.8) is 0 Å². The van der Waals surface area contributed by atoms with Gasteiger partial charge in [0.25, 0.3) is 5.91 Å². The van der Waals surface area contributed by atoms with Crippen molar-refractivity contribution >= 4 is 33.4 Å². The minimum atomic E-state index is -0.926. The summed E-state index contributed by atoms with van der Waals surface area (Å²) in [6, 6.07) is 1.43. The molecule has 1 saturated heterocycles. The topological polar surface area (TPSA) is 84.7 Å². The molecule has 22 heavy (non-hydrogen) atoms. The molecular formula is C14H17N3O4S. The maximum atomic E-state index is 12.7. The lowest BCUT2D eigenvalue weighted by atomic mass is 10.1. The zero-order chi connectivity index (χ0) is 15.9. The van der Waals surface area contributed by atoms with Gasteiger partial charge in [-0.15, -0.1) is 11.3 Å². The molecule has 1 aliphatic rings. The molecular weight excluding hydrogens is 306 g/mol. The van der Waals surface area contributed by atoms with E-state index in [1.165, 1.54) is 11.3 Å². The second kappa shape index (κ2) is 5.69. The minimum Gasteiger partial charge on any atom is -0.481 e. The van der Waals surface area contributed by atoms with E-state index in [9.17, 15) is 9.59 Å². The smallest absolute Gasteiger partial charge is 0.305 e. The molecule has 1 amide bonds. The third-order valence-corrected chi connectivity index (χ3v) is 5.00. The lowest BCUT2D eigenvalue weighted by Crippen LogP contribution is -2.49. The average Bonchev–Trinajstić information content (AvgIpc) is 3.01. The van der Waals surface area contributed by atoms with Crippen LogP contribution in [0.5, 0.6) is 0 Å². The largest absolute Gasteiger partial charge is 0.481 e. The van der Waals surface area contributed by atoms with Crippen molar-refractivity contribution in [3.8, 4) is 0 Å². The Bertz CT molecular complexity index is 701. The molecule has 1 unspecified atom stereocenters. The van der Waals surface area contributed by atoms with Gasteiger partial charge in [-0.25, -0.2) is 0 Å². The highest BCUT2D eigenvalue weighted by molar-refractivity contribution is 7.20. The first-order valence-electron chi connectivity index (χ1n) is 7.01. The molecule has 0 radical (unpaired) electrons. The zero-order valence-corrected chi connectivity index (χ0v) is 13.2. The van der Waals surface area contributed by atoms with Crippen LogP contribution in [0.25, 0.3) is 10.2 Å². The summed E-state index contributed by atoms with van der Waals surface area (Å²) in [6.45, 7) is 3.03. The van der Waals surface area contributed by atoms with E-state index in [1.807, 2.05) is 20.0 Å². The normalized spacial score (nSPS) is 18.8. The number of hydrogen-bond donors (Lipinski definition) is 1. The van der Waals surface area contributed by atoms with E-state index in [0.717, 1.165) is 15.9 Å². The van der Waals surface area contributed by atoms with Gasteiger partial charge in [0.2, 0.25) is 0 Å². The van der Waals surface area contributed by atoms with E-state index in [4.69, 9.17) is 9.84 Å². The summed E-state index contributed by atoms with van der Waals surface area (Å²) in [5.74, 6) is -1.06. The molecule has 1 atom stereocenters. The Kier molecular flexibility index (Phi) is 3.88. The second-order valence-electron chi connectivity index (χ2n) is 5.36. The molecule has 1 N–H and O–H groups in total. The van der Waals surface area contributed by atoms with E-state index in [0.29, 0.717) is 18.0 Å². The molecule has 0 bridgehead atoms. The van der Waals surface area contributed by atoms with Crippen molar-refractivity contribution < 1.29 is 19.4 Å². The molecule has 8 heteroatoms. The van der Waals surface area contributed by atoms with Gasteiger partial charge in [-0.2, -0.15) is 5.10 Å². The minimum absolute atomic E-state index is 0.1000. The number of thiophene rings is 1. The van der Waals surface area contributed by atoms with Crippen LogP contribution in [0.3, 0.4) is 0 Å². The number of fused-ring (bicyclic) bond motifs is 1. The summed E-state index contributed by atoms with van der Waals surface area (Å²) in [5.41, 5.74) is 0.886. The van der Waals surface area contributed by atoms with Crippen LogP contribution in [-0.2, 0) is 16.6 Å². The maximum absolute atomic E-state index is 12.7. The number of carboxylic acids is 1. The summed E-state index contributed by atoms with van der Waals surface area (Å²) < 4.78 is 7.08. The van der Waals surface area contributed by atoms with Crippen LogP contribution < -0.4 is 0 Å². The molecule has 3 rings (SSSR count). The van der Waals surface area contributed by atoms with Gasteiger partial charge in [0.1, 0.15) is 4.83 Å². The Hall–Kier alpha value is -1.93.